The van der Waals surface area contributed by atoms with Crippen LogP contribution in [-0.4, -0.2) is 23.1 Å². The Morgan fingerprint density at radius 3 is 1.27 bits per heavy atom. The van der Waals surface area contributed by atoms with Crippen LogP contribution < -0.4 is 0 Å². The van der Waals surface area contributed by atoms with E-state index in [9.17, 15) is 9.59 Å². The van der Waals surface area contributed by atoms with Gasteiger partial charge in [-0.15, -0.1) is 0 Å². The normalized spacial score (nSPS) is 13.0. The van der Waals surface area contributed by atoms with Crippen molar-refractivity contribution in [1.82, 2.24) is 0 Å². The molecule has 0 aliphatic carbocycles. The molecule has 0 aromatic rings. The number of esters is 1. The number of carboxylic acid groups (broad SMARTS) is 1. The summed E-state index contributed by atoms with van der Waals surface area (Å²) >= 11 is 0. The van der Waals surface area contributed by atoms with Crippen LogP contribution in [0.2, 0.25) is 0 Å². The number of hydrogen-bond donors (Lipinski definition) is 1. The third kappa shape index (κ3) is 41.8. The van der Waals surface area contributed by atoms with Gasteiger partial charge < -0.3 is 9.84 Å². The molecule has 1 unspecified atom stereocenters. The number of carbonyl (C=O) groups is 2. The van der Waals surface area contributed by atoms with Gasteiger partial charge in [-0.05, 0) is 109 Å². The zero-order valence-electron chi connectivity index (χ0n) is 34.1. The van der Waals surface area contributed by atoms with Crippen molar-refractivity contribution in [3.63, 3.8) is 0 Å². The van der Waals surface area contributed by atoms with Crippen molar-refractivity contribution in [2.24, 2.45) is 0 Å². The first-order chi connectivity index (χ1) is 25.6. The average Bonchev–Trinajstić information content (AvgIpc) is 3.13. The Bertz CT molecular complexity index is 953. The maximum atomic E-state index is 12.7. The first kappa shape index (κ1) is 49.4. The summed E-state index contributed by atoms with van der Waals surface area (Å²) < 4.78 is 6.01. The van der Waals surface area contributed by atoms with E-state index in [1.165, 1.54) is 77.0 Å². The maximum absolute atomic E-state index is 12.7. The van der Waals surface area contributed by atoms with Gasteiger partial charge >= 0.3 is 11.9 Å². The van der Waals surface area contributed by atoms with Crippen molar-refractivity contribution in [3.05, 3.63) is 72.9 Å². The van der Waals surface area contributed by atoms with Crippen LogP contribution >= 0.6 is 0 Å². The van der Waals surface area contributed by atoms with E-state index >= 15 is 0 Å². The molecule has 0 fully saturated rings. The van der Waals surface area contributed by atoms with Gasteiger partial charge in [0.25, 0.3) is 0 Å². The van der Waals surface area contributed by atoms with Gasteiger partial charge in [0.2, 0.25) is 0 Å². The predicted octanol–water partition coefficient (Wildman–Crippen LogP) is 15.5. The zero-order chi connectivity index (χ0) is 37.8. The Kier molecular flexibility index (Phi) is 40.6. The van der Waals surface area contributed by atoms with Gasteiger partial charge in [0.15, 0.2) is 0 Å². The monoisotopic (exact) mass is 723 g/mol. The molecule has 1 N–H and O–H groups in total. The van der Waals surface area contributed by atoms with Crippen LogP contribution in [0.15, 0.2) is 72.9 Å². The van der Waals surface area contributed by atoms with E-state index in [2.05, 4.69) is 86.8 Å². The van der Waals surface area contributed by atoms with Crippen molar-refractivity contribution in [3.8, 4) is 0 Å². The molecule has 1 atom stereocenters. The second-order valence-electron chi connectivity index (χ2n) is 14.5. The molecule has 0 aliphatic rings. The van der Waals surface area contributed by atoms with Gasteiger partial charge in [-0.1, -0.05) is 164 Å². The molecular weight excluding hydrogens is 641 g/mol. The van der Waals surface area contributed by atoms with Gasteiger partial charge in [-0.3, -0.25) is 9.59 Å². The number of rotatable bonds is 39. The number of hydrogen-bond acceptors (Lipinski definition) is 3. The summed E-state index contributed by atoms with van der Waals surface area (Å²) in [5.41, 5.74) is 0. The van der Waals surface area contributed by atoms with Crippen LogP contribution in [0.5, 0.6) is 0 Å². The Labute approximate surface area is 322 Å². The smallest absolute Gasteiger partial charge is 0.306 e. The van der Waals surface area contributed by atoms with Crippen molar-refractivity contribution in [1.29, 1.82) is 0 Å². The minimum atomic E-state index is -0.708. The van der Waals surface area contributed by atoms with Crippen LogP contribution in [0, 0.1) is 0 Å². The molecule has 298 valence electrons. The van der Waals surface area contributed by atoms with E-state index in [4.69, 9.17) is 9.84 Å². The van der Waals surface area contributed by atoms with E-state index < -0.39 is 5.97 Å². The first-order valence-electron chi connectivity index (χ1n) is 21.9. The fraction of sp³-hybridized carbons (Fsp3) is 0.708. The topological polar surface area (TPSA) is 63.6 Å². The maximum Gasteiger partial charge on any atom is 0.306 e. The first-order valence-corrected chi connectivity index (χ1v) is 21.9. The number of carbonyl (C=O) groups excluding carboxylic acids is 1. The number of ether oxygens (including phenoxy) is 1. The molecule has 52 heavy (non-hydrogen) atoms. The predicted molar refractivity (Wildman–Crippen MR) is 227 cm³/mol. The molecule has 0 spiro atoms. The minimum absolute atomic E-state index is 0.0209. The third-order valence-electron chi connectivity index (χ3n) is 9.41. The molecule has 4 nitrogen and oxygen atoms in total. The molecule has 0 rings (SSSR count). The Balaban J connectivity index is 4.11. The number of allylic oxidation sites excluding steroid dienone is 12. The Morgan fingerprint density at radius 2 is 0.808 bits per heavy atom. The SMILES string of the molecule is CC/C=C\C/C=C\C/C=C\C/C=C\CCCCCCCCC(=O)OC(CCCCC/C=C\C/C=C\CCCCCCC)CCCCCCCC(=O)O. The van der Waals surface area contributed by atoms with Gasteiger partial charge in [-0.2, -0.15) is 0 Å². The van der Waals surface area contributed by atoms with Crippen molar-refractivity contribution in [2.45, 2.75) is 219 Å². The highest BCUT2D eigenvalue weighted by molar-refractivity contribution is 5.69. The molecule has 0 bridgehead atoms. The molecule has 0 heterocycles. The summed E-state index contributed by atoms with van der Waals surface area (Å²) in [6, 6.07) is 0. The van der Waals surface area contributed by atoms with Crippen LogP contribution in [0.4, 0.5) is 0 Å². The fourth-order valence-electron chi connectivity index (χ4n) is 6.21. The van der Waals surface area contributed by atoms with Crippen LogP contribution in [0.25, 0.3) is 0 Å². The van der Waals surface area contributed by atoms with E-state index in [0.29, 0.717) is 6.42 Å². The summed E-state index contributed by atoms with van der Waals surface area (Å²) in [7, 11) is 0. The molecule has 0 saturated heterocycles. The van der Waals surface area contributed by atoms with E-state index in [1.807, 2.05) is 0 Å². The molecule has 0 aromatic carbocycles. The summed E-state index contributed by atoms with van der Waals surface area (Å²) in [5, 5.41) is 8.84. The summed E-state index contributed by atoms with van der Waals surface area (Å²) in [6.07, 6.45) is 60.6. The highest BCUT2D eigenvalue weighted by atomic mass is 16.5. The van der Waals surface area contributed by atoms with Gasteiger partial charge in [0.05, 0.1) is 0 Å². The highest BCUT2D eigenvalue weighted by Crippen LogP contribution is 2.18. The average molecular weight is 723 g/mol. The molecular formula is C48H82O4. The van der Waals surface area contributed by atoms with E-state index in [0.717, 1.165) is 109 Å². The lowest BCUT2D eigenvalue weighted by Crippen LogP contribution is -2.18. The number of aliphatic carboxylic acids is 1. The van der Waals surface area contributed by atoms with E-state index in [-0.39, 0.29) is 18.5 Å². The van der Waals surface area contributed by atoms with Crippen LogP contribution in [0.3, 0.4) is 0 Å². The second kappa shape index (κ2) is 42.8. The molecule has 0 radical (unpaired) electrons. The van der Waals surface area contributed by atoms with Gasteiger partial charge in [0.1, 0.15) is 6.10 Å². The quantitative estimate of drug-likeness (QED) is 0.0390. The standard InChI is InChI=1S/C48H82O4/c1-3-5-7-9-11-13-15-17-19-20-21-22-24-26-28-30-32-37-41-45-48(51)52-46(43-39-35-33-36-40-44-47(49)50)42-38-34-31-29-27-25-23-18-16-14-12-10-8-6-4-2/h5,7,11,13,16-19,21-22,25,27,46H,3-4,6,8-10,12,14-15,20,23-24,26,28-45H2,1-2H3,(H,49,50)/b7-5-,13-11-,18-16-,19-17-,22-21-,27-25-. The third-order valence-corrected chi connectivity index (χ3v) is 9.41. The number of carboxylic acids is 1. The molecule has 0 aliphatic heterocycles. The van der Waals surface area contributed by atoms with Crippen LogP contribution in [0.1, 0.15) is 213 Å². The van der Waals surface area contributed by atoms with E-state index in [1.54, 1.807) is 0 Å². The zero-order valence-corrected chi connectivity index (χ0v) is 34.1. The lowest BCUT2D eigenvalue weighted by atomic mass is 10.0. The fourth-order valence-corrected chi connectivity index (χ4v) is 6.21. The summed E-state index contributed by atoms with van der Waals surface area (Å²) in [5.74, 6) is -0.733. The summed E-state index contributed by atoms with van der Waals surface area (Å²) in [6.45, 7) is 4.43. The number of unbranched alkanes of at least 4 members (excludes halogenated alkanes) is 18. The Hall–Kier alpha value is -2.62. The highest BCUT2D eigenvalue weighted by Gasteiger charge is 2.14. The van der Waals surface area contributed by atoms with Crippen molar-refractivity contribution >= 4 is 11.9 Å². The lowest BCUT2D eigenvalue weighted by molar-refractivity contribution is -0.150. The molecule has 4 heteroatoms. The Morgan fingerprint density at radius 1 is 0.442 bits per heavy atom. The van der Waals surface area contributed by atoms with Gasteiger partial charge in [-0.25, -0.2) is 0 Å². The molecule has 0 saturated carbocycles. The lowest BCUT2D eigenvalue weighted by Gasteiger charge is -2.18. The minimum Gasteiger partial charge on any atom is -0.481 e. The van der Waals surface area contributed by atoms with Gasteiger partial charge in [0, 0.05) is 12.8 Å². The molecule has 0 amide bonds. The van der Waals surface area contributed by atoms with Crippen LogP contribution in [-0.2, 0) is 14.3 Å². The largest absolute Gasteiger partial charge is 0.481 e. The summed E-state index contributed by atoms with van der Waals surface area (Å²) in [4.78, 5) is 23.5. The van der Waals surface area contributed by atoms with Crippen molar-refractivity contribution < 1.29 is 19.4 Å². The molecule has 0 aromatic heterocycles. The second-order valence-corrected chi connectivity index (χ2v) is 14.5. The van der Waals surface area contributed by atoms with Crippen molar-refractivity contribution in [2.75, 3.05) is 0 Å².